The van der Waals surface area contributed by atoms with Gasteiger partial charge >= 0.3 is 0 Å². The molecule has 0 N–H and O–H groups in total. The summed E-state index contributed by atoms with van der Waals surface area (Å²) in [4.78, 5) is 15.7. The molecule has 0 aliphatic carbocycles. The van der Waals surface area contributed by atoms with Gasteiger partial charge in [0.15, 0.2) is 0 Å². The lowest BCUT2D eigenvalue weighted by atomic mass is 9.97. The molecule has 3 aromatic rings. The monoisotopic (exact) mass is 302 g/mol. The van der Waals surface area contributed by atoms with Crippen LogP contribution in [-0.2, 0) is 0 Å². The number of hydrogen-bond donors (Lipinski definition) is 0. The van der Waals surface area contributed by atoms with E-state index < -0.39 is 0 Å². The quantitative estimate of drug-likeness (QED) is 0.726. The van der Waals surface area contributed by atoms with Crippen LogP contribution >= 0.6 is 22.7 Å². The zero-order valence-electron chi connectivity index (χ0n) is 10.9. The Morgan fingerprint density at radius 2 is 1.95 bits per heavy atom. The Balaban J connectivity index is 1.56. The fourth-order valence-corrected chi connectivity index (χ4v) is 4.45. The molecule has 20 heavy (non-hydrogen) atoms. The van der Waals surface area contributed by atoms with Gasteiger partial charge in [-0.15, -0.1) is 22.7 Å². The standard InChI is InChI=1S/C14H14N4S2/c1-5-18(6-2-10(1)14-15-4-8-20-14)13-12-11(3-7-19-12)16-9-17-13/h3-4,7-10H,1-2,5-6H2. The maximum atomic E-state index is 4.50. The average Bonchev–Trinajstić information content (AvgIpc) is 3.18. The number of piperidine rings is 1. The van der Waals surface area contributed by atoms with Crippen LogP contribution in [0, 0.1) is 0 Å². The molecule has 6 heteroatoms. The van der Waals surface area contributed by atoms with Crippen molar-refractivity contribution in [1.29, 1.82) is 0 Å². The zero-order chi connectivity index (χ0) is 13.4. The molecule has 0 saturated carbocycles. The van der Waals surface area contributed by atoms with Gasteiger partial charge in [-0.25, -0.2) is 15.0 Å². The first-order valence-electron chi connectivity index (χ1n) is 6.74. The van der Waals surface area contributed by atoms with Crippen molar-refractivity contribution in [2.75, 3.05) is 18.0 Å². The van der Waals surface area contributed by atoms with Gasteiger partial charge in [-0.05, 0) is 24.3 Å². The van der Waals surface area contributed by atoms with Crippen LogP contribution in [0.5, 0.6) is 0 Å². The summed E-state index contributed by atoms with van der Waals surface area (Å²) in [6.45, 7) is 2.10. The molecular weight excluding hydrogens is 288 g/mol. The van der Waals surface area contributed by atoms with Gasteiger partial charge in [0.25, 0.3) is 0 Å². The van der Waals surface area contributed by atoms with Gasteiger partial charge in [0, 0.05) is 30.6 Å². The van der Waals surface area contributed by atoms with Crippen LogP contribution < -0.4 is 4.90 Å². The number of thiophene rings is 1. The first-order chi connectivity index (χ1) is 9.92. The van der Waals surface area contributed by atoms with Crippen molar-refractivity contribution in [2.24, 2.45) is 0 Å². The number of fused-ring (bicyclic) bond motifs is 1. The largest absolute Gasteiger partial charge is 0.355 e. The molecule has 0 bridgehead atoms. The number of anilines is 1. The summed E-state index contributed by atoms with van der Waals surface area (Å²) in [7, 11) is 0. The van der Waals surface area contributed by atoms with Gasteiger partial charge in [0.1, 0.15) is 12.1 Å². The first-order valence-corrected chi connectivity index (χ1v) is 8.50. The molecular formula is C14H14N4S2. The fraction of sp³-hybridized carbons (Fsp3) is 0.357. The van der Waals surface area contributed by atoms with Crippen LogP contribution in [0.4, 0.5) is 5.82 Å². The zero-order valence-corrected chi connectivity index (χ0v) is 12.5. The van der Waals surface area contributed by atoms with Gasteiger partial charge in [-0.3, -0.25) is 0 Å². The molecule has 1 aliphatic heterocycles. The van der Waals surface area contributed by atoms with Crippen molar-refractivity contribution in [3.8, 4) is 0 Å². The van der Waals surface area contributed by atoms with E-state index in [1.165, 1.54) is 9.71 Å². The minimum atomic E-state index is 0.618. The number of thiazole rings is 1. The Kier molecular flexibility index (Phi) is 3.12. The van der Waals surface area contributed by atoms with Crippen LogP contribution in [0.25, 0.3) is 10.2 Å². The van der Waals surface area contributed by atoms with Crippen LogP contribution in [0.2, 0.25) is 0 Å². The maximum Gasteiger partial charge on any atom is 0.150 e. The first kappa shape index (κ1) is 12.2. The van der Waals surface area contributed by atoms with Crippen molar-refractivity contribution in [3.63, 3.8) is 0 Å². The molecule has 0 radical (unpaired) electrons. The molecule has 3 aromatic heterocycles. The highest BCUT2D eigenvalue weighted by atomic mass is 32.1. The minimum Gasteiger partial charge on any atom is -0.355 e. The van der Waals surface area contributed by atoms with E-state index in [0.29, 0.717) is 5.92 Å². The van der Waals surface area contributed by atoms with Gasteiger partial charge in [0.05, 0.1) is 15.2 Å². The van der Waals surface area contributed by atoms with Crippen molar-refractivity contribution in [3.05, 3.63) is 34.4 Å². The molecule has 0 aromatic carbocycles. The Hall–Kier alpha value is -1.53. The molecule has 1 fully saturated rings. The summed E-state index contributed by atoms with van der Waals surface area (Å²) in [6.07, 6.45) is 5.90. The van der Waals surface area contributed by atoms with Crippen molar-refractivity contribution < 1.29 is 0 Å². The van der Waals surface area contributed by atoms with Crippen LogP contribution in [0.1, 0.15) is 23.8 Å². The smallest absolute Gasteiger partial charge is 0.150 e. The van der Waals surface area contributed by atoms with E-state index in [9.17, 15) is 0 Å². The fourth-order valence-electron chi connectivity index (χ4n) is 2.78. The van der Waals surface area contributed by atoms with Crippen molar-refractivity contribution in [1.82, 2.24) is 15.0 Å². The number of aromatic nitrogens is 3. The summed E-state index contributed by atoms with van der Waals surface area (Å²) in [5, 5.41) is 5.44. The highest BCUT2D eigenvalue weighted by molar-refractivity contribution is 7.17. The topological polar surface area (TPSA) is 41.9 Å². The summed E-state index contributed by atoms with van der Waals surface area (Å²) >= 11 is 3.51. The second-order valence-corrected chi connectivity index (χ2v) is 6.81. The van der Waals surface area contributed by atoms with E-state index in [1.807, 2.05) is 6.20 Å². The van der Waals surface area contributed by atoms with E-state index in [4.69, 9.17) is 0 Å². The molecule has 0 spiro atoms. The van der Waals surface area contributed by atoms with E-state index in [1.54, 1.807) is 29.0 Å². The molecule has 0 amide bonds. The lowest BCUT2D eigenvalue weighted by Gasteiger charge is -2.32. The van der Waals surface area contributed by atoms with Crippen molar-refractivity contribution >= 4 is 38.7 Å². The summed E-state index contributed by atoms with van der Waals surface area (Å²) in [6, 6.07) is 2.06. The minimum absolute atomic E-state index is 0.618. The maximum absolute atomic E-state index is 4.50. The SMILES string of the molecule is c1csc(C2CCN(c3ncnc4ccsc34)CC2)n1. The third kappa shape index (κ3) is 2.09. The number of nitrogens with zero attached hydrogens (tertiary/aromatic N) is 4. The molecule has 4 heterocycles. The van der Waals surface area contributed by atoms with Gasteiger partial charge in [-0.1, -0.05) is 0 Å². The predicted octanol–water partition coefficient (Wildman–Crippen LogP) is 3.53. The third-order valence-corrected chi connectivity index (χ3v) is 5.66. The molecule has 0 unspecified atom stereocenters. The second-order valence-electron chi connectivity index (χ2n) is 4.96. The molecule has 4 nitrogen and oxygen atoms in total. The van der Waals surface area contributed by atoms with E-state index in [-0.39, 0.29) is 0 Å². The highest BCUT2D eigenvalue weighted by Crippen LogP contribution is 2.34. The number of rotatable bonds is 2. The number of hydrogen-bond acceptors (Lipinski definition) is 6. The molecule has 102 valence electrons. The molecule has 4 rings (SSSR count). The van der Waals surface area contributed by atoms with E-state index in [2.05, 4.69) is 36.7 Å². The normalized spacial score (nSPS) is 16.9. The van der Waals surface area contributed by atoms with E-state index in [0.717, 1.165) is 37.3 Å². The van der Waals surface area contributed by atoms with E-state index >= 15 is 0 Å². The highest BCUT2D eigenvalue weighted by Gasteiger charge is 2.24. The Bertz CT molecular complexity index is 699. The van der Waals surface area contributed by atoms with Crippen LogP contribution in [-0.4, -0.2) is 28.0 Å². The molecule has 0 atom stereocenters. The van der Waals surface area contributed by atoms with Gasteiger partial charge in [0.2, 0.25) is 0 Å². The lowest BCUT2D eigenvalue weighted by molar-refractivity contribution is 0.502. The molecule has 1 saturated heterocycles. The van der Waals surface area contributed by atoms with Gasteiger partial charge < -0.3 is 4.90 Å². The summed E-state index contributed by atoms with van der Waals surface area (Å²) in [5.41, 5.74) is 1.06. The van der Waals surface area contributed by atoms with Crippen LogP contribution in [0.3, 0.4) is 0 Å². The van der Waals surface area contributed by atoms with Crippen LogP contribution in [0.15, 0.2) is 29.4 Å². The summed E-state index contributed by atoms with van der Waals surface area (Å²) in [5.74, 6) is 1.72. The molecule has 1 aliphatic rings. The van der Waals surface area contributed by atoms with Crippen molar-refractivity contribution in [2.45, 2.75) is 18.8 Å². The Labute approximate surface area is 125 Å². The average molecular weight is 302 g/mol. The Morgan fingerprint density at radius 1 is 1.05 bits per heavy atom. The lowest BCUT2D eigenvalue weighted by Crippen LogP contribution is -2.33. The van der Waals surface area contributed by atoms with Gasteiger partial charge in [-0.2, -0.15) is 0 Å². The predicted molar refractivity (Wildman–Crippen MR) is 83.7 cm³/mol. The Morgan fingerprint density at radius 3 is 2.75 bits per heavy atom. The second kappa shape index (κ2) is 5.10. The summed E-state index contributed by atoms with van der Waals surface area (Å²) < 4.78 is 1.21. The third-order valence-electron chi connectivity index (χ3n) is 3.82.